The van der Waals surface area contributed by atoms with E-state index in [1.54, 1.807) is 0 Å². The Hall–Kier alpha value is -2.71. The summed E-state index contributed by atoms with van der Waals surface area (Å²) >= 11 is 1.89. The van der Waals surface area contributed by atoms with Gasteiger partial charge in [0.1, 0.15) is 0 Å². The molecule has 0 saturated carbocycles. The number of anilines is 3. The fraction of sp³-hybridized carbons (Fsp3) is 0.120. The molecule has 134 valence electrons. The molecule has 1 nitrogen and oxygen atoms in total. The molecule has 0 spiro atoms. The van der Waals surface area contributed by atoms with Crippen molar-refractivity contribution in [3.63, 3.8) is 0 Å². The number of para-hydroxylation sites is 1. The summed E-state index contributed by atoms with van der Waals surface area (Å²) in [6.07, 6.45) is 0. The maximum atomic E-state index is 2.32. The third-order valence-corrected chi connectivity index (χ3v) is 5.49. The van der Waals surface area contributed by atoms with Crippen molar-refractivity contribution in [2.24, 2.45) is 0 Å². The quantitative estimate of drug-likeness (QED) is 0.330. The molecule has 0 radical (unpaired) electrons. The molecule has 2 heteroatoms. The minimum absolute atomic E-state index is 0.585. The molecule has 0 fully saturated rings. The van der Waals surface area contributed by atoms with Gasteiger partial charge in [-0.2, -0.15) is 0 Å². The number of rotatable bonds is 5. The molecule has 0 saturated heterocycles. The number of fused-ring (bicyclic) bond motifs is 1. The Morgan fingerprint density at radius 1 is 0.593 bits per heavy atom. The summed E-state index contributed by atoms with van der Waals surface area (Å²) in [7, 11) is 0. The van der Waals surface area contributed by atoms with Gasteiger partial charge in [-0.05, 0) is 59.3 Å². The largest absolute Gasteiger partial charge is 0.310 e. The van der Waals surface area contributed by atoms with Gasteiger partial charge in [0.15, 0.2) is 0 Å². The zero-order valence-electron chi connectivity index (χ0n) is 15.7. The van der Waals surface area contributed by atoms with Gasteiger partial charge in [-0.25, -0.2) is 0 Å². The Labute approximate surface area is 165 Å². The van der Waals surface area contributed by atoms with Gasteiger partial charge in [0.25, 0.3) is 0 Å². The average Bonchev–Trinajstić information content (AvgIpc) is 2.70. The van der Waals surface area contributed by atoms with E-state index in [9.17, 15) is 0 Å². The van der Waals surface area contributed by atoms with Crippen molar-refractivity contribution in [3.05, 3.63) is 97.1 Å². The first-order valence-corrected chi connectivity index (χ1v) is 10.2. The maximum absolute atomic E-state index is 2.32. The highest BCUT2D eigenvalue weighted by Crippen LogP contribution is 2.36. The van der Waals surface area contributed by atoms with E-state index in [4.69, 9.17) is 0 Å². The van der Waals surface area contributed by atoms with Crippen LogP contribution in [0.1, 0.15) is 13.8 Å². The van der Waals surface area contributed by atoms with Crippen molar-refractivity contribution in [3.8, 4) is 0 Å². The van der Waals surface area contributed by atoms with E-state index < -0.39 is 0 Å². The number of benzene rings is 4. The van der Waals surface area contributed by atoms with Gasteiger partial charge in [-0.3, -0.25) is 0 Å². The van der Waals surface area contributed by atoms with Crippen LogP contribution in [0.3, 0.4) is 0 Å². The predicted octanol–water partition coefficient (Wildman–Crippen LogP) is 7.81. The third-order valence-electron chi connectivity index (χ3n) is 4.47. The van der Waals surface area contributed by atoms with Gasteiger partial charge in [0, 0.05) is 27.2 Å². The second-order valence-corrected chi connectivity index (χ2v) is 8.51. The summed E-state index contributed by atoms with van der Waals surface area (Å²) < 4.78 is 0. The van der Waals surface area contributed by atoms with Crippen LogP contribution in [0, 0.1) is 0 Å². The minimum Gasteiger partial charge on any atom is -0.310 e. The monoisotopic (exact) mass is 369 g/mol. The van der Waals surface area contributed by atoms with E-state index in [2.05, 4.69) is 116 Å². The number of hydrogen-bond donors (Lipinski definition) is 0. The molecule has 27 heavy (non-hydrogen) atoms. The molecule has 0 aliphatic carbocycles. The first-order chi connectivity index (χ1) is 13.2. The van der Waals surface area contributed by atoms with Crippen LogP contribution in [-0.2, 0) is 0 Å². The molecule has 0 N–H and O–H groups in total. The summed E-state index contributed by atoms with van der Waals surface area (Å²) in [5.41, 5.74) is 3.51. The van der Waals surface area contributed by atoms with Crippen LogP contribution in [0.2, 0.25) is 0 Å². The van der Waals surface area contributed by atoms with Gasteiger partial charge in [-0.1, -0.05) is 62.4 Å². The molecule has 0 unspecified atom stereocenters. The van der Waals surface area contributed by atoms with E-state index >= 15 is 0 Å². The minimum atomic E-state index is 0.585. The first kappa shape index (κ1) is 17.7. The van der Waals surface area contributed by atoms with E-state index in [0.717, 1.165) is 5.69 Å². The second-order valence-electron chi connectivity index (χ2n) is 6.86. The van der Waals surface area contributed by atoms with Crippen molar-refractivity contribution >= 4 is 39.6 Å². The molecule has 4 aromatic rings. The molecule has 0 aromatic heterocycles. The lowest BCUT2D eigenvalue weighted by molar-refractivity contribution is 1.11. The van der Waals surface area contributed by atoms with Crippen molar-refractivity contribution in [2.45, 2.75) is 24.0 Å². The third kappa shape index (κ3) is 4.01. The van der Waals surface area contributed by atoms with Gasteiger partial charge < -0.3 is 4.90 Å². The molecule has 0 bridgehead atoms. The molecule has 0 heterocycles. The number of hydrogen-bond acceptors (Lipinski definition) is 2. The summed E-state index contributed by atoms with van der Waals surface area (Å²) in [6.45, 7) is 4.45. The molecule has 0 aliphatic heterocycles. The Balaban J connectivity index is 1.79. The van der Waals surface area contributed by atoms with Crippen molar-refractivity contribution in [1.29, 1.82) is 0 Å². The zero-order chi connectivity index (χ0) is 18.6. The van der Waals surface area contributed by atoms with Crippen LogP contribution in [0.5, 0.6) is 0 Å². The van der Waals surface area contributed by atoms with Crippen LogP contribution in [0.4, 0.5) is 17.1 Å². The Morgan fingerprint density at radius 2 is 1.19 bits per heavy atom. The van der Waals surface area contributed by atoms with Crippen molar-refractivity contribution in [2.75, 3.05) is 4.90 Å². The van der Waals surface area contributed by atoms with Crippen molar-refractivity contribution in [1.82, 2.24) is 0 Å². The summed E-state index contributed by atoms with van der Waals surface area (Å²) in [5.74, 6) is 0. The lowest BCUT2D eigenvalue weighted by atomic mass is 10.1. The molecular formula is C25H23NS. The lowest BCUT2D eigenvalue weighted by Gasteiger charge is -2.26. The normalized spacial score (nSPS) is 11.1. The smallest absolute Gasteiger partial charge is 0.0468 e. The number of nitrogens with zero attached hydrogens (tertiary/aromatic N) is 1. The standard InChI is InChI=1S/C25H23NS/c1-19(2)27-25-16-14-23(15-17-25)26(22-10-4-3-5-11-22)24-13-12-20-8-6-7-9-21(20)18-24/h3-19H,1-2H3. The maximum Gasteiger partial charge on any atom is 0.0468 e. The lowest BCUT2D eigenvalue weighted by Crippen LogP contribution is -2.09. The van der Waals surface area contributed by atoms with Gasteiger partial charge >= 0.3 is 0 Å². The molecular weight excluding hydrogens is 346 g/mol. The average molecular weight is 370 g/mol. The fourth-order valence-corrected chi connectivity index (χ4v) is 4.12. The van der Waals surface area contributed by atoms with Gasteiger partial charge in [-0.15, -0.1) is 11.8 Å². The fourth-order valence-electron chi connectivity index (χ4n) is 3.29. The van der Waals surface area contributed by atoms with E-state index in [0.29, 0.717) is 5.25 Å². The first-order valence-electron chi connectivity index (χ1n) is 9.31. The number of thioether (sulfide) groups is 1. The van der Waals surface area contributed by atoms with Gasteiger partial charge in [0.2, 0.25) is 0 Å². The topological polar surface area (TPSA) is 3.24 Å². The molecule has 4 rings (SSSR count). The Bertz CT molecular complexity index is 1020. The predicted molar refractivity (Wildman–Crippen MR) is 120 cm³/mol. The highest BCUT2D eigenvalue weighted by Gasteiger charge is 2.13. The highest BCUT2D eigenvalue weighted by molar-refractivity contribution is 7.99. The SMILES string of the molecule is CC(C)Sc1ccc(N(c2ccccc2)c2ccc3ccccc3c2)cc1. The van der Waals surface area contributed by atoms with Crippen LogP contribution in [0.25, 0.3) is 10.8 Å². The van der Waals surface area contributed by atoms with Crippen LogP contribution in [-0.4, -0.2) is 5.25 Å². The zero-order valence-corrected chi connectivity index (χ0v) is 16.5. The Morgan fingerprint density at radius 3 is 1.89 bits per heavy atom. The summed E-state index contributed by atoms with van der Waals surface area (Å²) in [4.78, 5) is 3.62. The van der Waals surface area contributed by atoms with E-state index in [1.807, 2.05) is 11.8 Å². The summed E-state index contributed by atoms with van der Waals surface area (Å²) in [5, 5.41) is 3.10. The highest BCUT2D eigenvalue weighted by atomic mass is 32.2. The molecule has 0 aliphatic rings. The van der Waals surface area contributed by atoms with E-state index in [1.165, 1.54) is 27.0 Å². The second kappa shape index (κ2) is 7.89. The van der Waals surface area contributed by atoms with Crippen LogP contribution in [0.15, 0.2) is 102 Å². The Kier molecular flexibility index (Phi) is 5.17. The van der Waals surface area contributed by atoms with E-state index in [-0.39, 0.29) is 0 Å². The molecule has 4 aromatic carbocycles. The van der Waals surface area contributed by atoms with Crippen LogP contribution < -0.4 is 4.90 Å². The molecule has 0 atom stereocenters. The van der Waals surface area contributed by atoms with Crippen molar-refractivity contribution < 1.29 is 0 Å². The van der Waals surface area contributed by atoms with Gasteiger partial charge in [0.05, 0.1) is 0 Å². The summed E-state index contributed by atoms with van der Waals surface area (Å²) in [6, 6.07) is 34.6. The van der Waals surface area contributed by atoms with Crippen LogP contribution >= 0.6 is 11.8 Å². The molecule has 0 amide bonds.